The molecule has 0 atom stereocenters. The molecule has 2 nitrogen and oxygen atoms in total. The van der Waals surface area contributed by atoms with Gasteiger partial charge in [-0.3, -0.25) is 0 Å². The summed E-state index contributed by atoms with van der Waals surface area (Å²) in [5, 5.41) is 8.63. The molecule has 0 bridgehead atoms. The Morgan fingerprint density at radius 3 is 1.85 bits per heavy atom. The van der Waals surface area contributed by atoms with E-state index in [0.29, 0.717) is 11.6 Å². The van der Waals surface area contributed by atoms with Crippen LogP contribution < -0.4 is 0 Å². The Morgan fingerprint density at radius 2 is 1.69 bits per heavy atom. The summed E-state index contributed by atoms with van der Waals surface area (Å²) in [4.78, 5) is 8.00. The molecule has 0 heterocycles. The van der Waals surface area contributed by atoms with E-state index in [4.69, 9.17) is 21.5 Å². The second kappa shape index (κ2) is 13.3. The van der Waals surface area contributed by atoms with Crippen molar-refractivity contribution in [3.8, 4) is 5.75 Å². The minimum absolute atomic E-state index is 0.322. The van der Waals surface area contributed by atoms with E-state index in [1.165, 1.54) is 0 Å². The fraction of sp³-hybridized carbons (Fsp3) is 0.100. The van der Waals surface area contributed by atoms with E-state index < -0.39 is 0 Å². The van der Waals surface area contributed by atoms with Gasteiger partial charge in [-0.05, 0) is 12.1 Å². The predicted molar refractivity (Wildman–Crippen MR) is 56.1 cm³/mol. The first-order chi connectivity index (χ1) is 6.31. The second-order valence-corrected chi connectivity index (χ2v) is 2.09. The molecule has 0 aliphatic carbocycles. The minimum Gasteiger partial charge on any atom is -0.508 e. The van der Waals surface area contributed by atoms with Crippen LogP contribution in [0, 0.1) is 0 Å². The fourth-order valence-corrected chi connectivity index (χ4v) is 0.428. The number of allylic oxidation sites excluding steroid dienone is 1. The molecule has 0 aromatic heterocycles. The van der Waals surface area contributed by atoms with Crippen LogP contribution in [-0.2, 0) is 4.79 Å². The summed E-state index contributed by atoms with van der Waals surface area (Å²) in [6, 6.07) is 8.71. The van der Waals surface area contributed by atoms with Gasteiger partial charge in [-0.2, -0.15) is 0 Å². The molecule has 1 aromatic rings. The molecule has 0 radical (unpaired) electrons. The number of carbonyl (C=O) groups excluding carboxylic acids is 1. The van der Waals surface area contributed by atoms with Gasteiger partial charge in [0.25, 0.3) is 0 Å². The van der Waals surface area contributed by atoms with E-state index >= 15 is 0 Å². The molecule has 72 valence electrons. The van der Waals surface area contributed by atoms with Crippen LogP contribution in [0.15, 0.2) is 43.0 Å². The normalized spacial score (nSPS) is 6.85. The molecule has 0 amide bonds. The highest BCUT2D eigenvalue weighted by Gasteiger charge is 1.74. The topological polar surface area (TPSA) is 37.3 Å². The number of rotatable bonds is 1. The van der Waals surface area contributed by atoms with Crippen molar-refractivity contribution in [3.05, 3.63) is 43.0 Å². The first-order valence-electron chi connectivity index (χ1n) is 3.51. The Bertz CT molecular complexity index is 199. The van der Waals surface area contributed by atoms with Gasteiger partial charge in [-0.25, -0.2) is 0 Å². The van der Waals surface area contributed by atoms with Crippen LogP contribution >= 0.6 is 11.6 Å². The smallest absolute Gasteiger partial charge is 0.115 e. The Labute approximate surface area is 83.5 Å². The lowest BCUT2D eigenvalue weighted by atomic mass is 10.3. The lowest BCUT2D eigenvalue weighted by Crippen LogP contribution is -1.56. The maximum Gasteiger partial charge on any atom is 0.115 e. The first kappa shape index (κ1) is 14.3. The molecule has 0 saturated carbocycles. The van der Waals surface area contributed by atoms with E-state index in [2.05, 4.69) is 6.58 Å². The van der Waals surface area contributed by atoms with Crippen molar-refractivity contribution in [2.75, 3.05) is 5.88 Å². The molecule has 1 rings (SSSR count). The van der Waals surface area contributed by atoms with Crippen LogP contribution in [0.5, 0.6) is 5.75 Å². The molecule has 0 unspecified atom stereocenters. The summed E-state index contributed by atoms with van der Waals surface area (Å²) in [6.45, 7) is 5.35. The second-order valence-electron chi connectivity index (χ2n) is 1.78. The first-order valence-corrected chi connectivity index (χ1v) is 4.04. The van der Waals surface area contributed by atoms with Gasteiger partial charge >= 0.3 is 0 Å². The van der Waals surface area contributed by atoms with E-state index in [0.717, 1.165) is 0 Å². The zero-order chi connectivity index (χ0) is 10.5. The van der Waals surface area contributed by atoms with Gasteiger partial charge in [0.2, 0.25) is 0 Å². The summed E-state index contributed by atoms with van der Waals surface area (Å²) < 4.78 is 0. The third-order valence-corrected chi connectivity index (χ3v) is 1.08. The van der Waals surface area contributed by atoms with E-state index in [1.807, 2.05) is 12.9 Å². The fourth-order valence-electron chi connectivity index (χ4n) is 0.428. The average Bonchev–Trinajstić information content (AvgIpc) is 2.22. The quantitative estimate of drug-likeness (QED) is 0.559. The number of carbonyl (C=O) groups is 1. The standard InChI is InChI=1S/C6H6O.C3H5Cl.CH2O/c7-6-4-2-1-3-5-6;1-2-3-4;1-2/h1-5,7H;2H,1,3H2;1H2. The third kappa shape index (κ3) is 13.7. The van der Waals surface area contributed by atoms with Crippen molar-refractivity contribution in [2.24, 2.45) is 0 Å². The number of hydrogen-bond donors (Lipinski definition) is 1. The summed E-state index contributed by atoms with van der Waals surface area (Å²) in [5.41, 5.74) is 0. The molecule has 1 N–H and O–H groups in total. The number of halogens is 1. The van der Waals surface area contributed by atoms with Crippen LogP contribution in [0.25, 0.3) is 0 Å². The number of alkyl halides is 1. The van der Waals surface area contributed by atoms with Gasteiger partial charge in [-0.15, -0.1) is 18.2 Å². The molecule has 1 aromatic carbocycles. The molecule has 0 aliphatic rings. The van der Waals surface area contributed by atoms with Gasteiger partial charge in [-0.1, -0.05) is 24.3 Å². The summed E-state index contributed by atoms with van der Waals surface area (Å²) in [5.74, 6) is 0.877. The monoisotopic (exact) mass is 200 g/mol. The average molecular weight is 201 g/mol. The predicted octanol–water partition coefficient (Wildman–Crippen LogP) is 2.62. The van der Waals surface area contributed by atoms with Crippen molar-refractivity contribution in [2.45, 2.75) is 0 Å². The zero-order valence-corrected chi connectivity index (χ0v) is 8.07. The largest absolute Gasteiger partial charge is 0.508 e. The van der Waals surface area contributed by atoms with Crippen LogP contribution in [0.3, 0.4) is 0 Å². The number of phenols is 1. The van der Waals surface area contributed by atoms with E-state index in [-0.39, 0.29) is 0 Å². The number of benzene rings is 1. The van der Waals surface area contributed by atoms with Gasteiger partial charge in [0.1, 0.15) is 12.5 Å². The highest BCUT2D eigenvalue weighted by molar-refractivity contribution is 6.18. The Kier molecular flexibility index (Phi) is 14.6. The number of aromatic hydroxyl groups is 1. The summed E-state index contributed by atoms with van der Waals surface area (Å²) in [7, 11) is 0. The molecular weight excluding hydrogens is 188 g/mol. The molecule has 3 heteroatoms. The van der Waals surface area contributed by atoms with Crippen LogP contribution in [0.4, 0.5) is 0 Å². The highest BCUT2D eigenvalue weighted by atomic mass is 35.5. The summed E-state index contributed by atoms with van der Waals surface area (Å²) >= 11 is 5.07. The van der Waals surface area contributed by atoms with Crippen LogP contribution in [0.2, 0.25) is 0 Å². The maximum absolute atomic E-state index is 8.63. The Balaban J connectivity index is 0. The van der Waals surface area contributed by atoms with Crippen molar-refractivity contribution < 1.29 is 9.90 Å². The van der Waals surface area contributed by atoms with Crippen molar-refractivity contribution >= 4 is 18.4 Å². The van der Waals surface area contributed by atoms with E-state index in [9.17, 15) is 0 Å². The maximum atomic E-state index is 8.63. The van der Waals surface area contributed by atoms with Gasteiger partial charge in [0, 0.05) is 5.88 Å². The Hall–Kier alpha value is -1.28. The van der Waals surface area contributed by atoms with Crippen molar-refractivity contribution in [1.82, 2.24) is 0 Å². The molecular formula is C10H13ClO2. The van der Waals surface area contributed by atoms with Crippen molar-refractivity contribution in [1.29, 1.82) is 0 Å². The van der Waals surface area contributed by atoms with Gasteiger partial charge in [0.15, 0.2) is 0 Å². The number of phenolic OH excluding ortho intramolecular Hbond substituents is 1. The molecule has 0 aliphatic heterocycles. The minimum atomic E-state index is 0.322. The zero-order valence-electron chi connectivity index (χ0n) is 7.32. The molecule has 0 saturated heterocycles. The SMILES string of the molecule is C=CCCl.C=O.Oc1ccccc1. The highest BCUT2D eigenvalue weighted by Crippen LogP contribution is 2.02. The molecule has 0 spiro atoms. The Morgan fingerprint density at radius 1 is 1.31 bits per heavy atom. The van der Waals surface area contributed by atoms with Crippen LogP contribution in [0.1, 0.15) is 0 Å². The van der Waals surface area contributed by atoms with Gasteiger partial charge in [0.05, 0.1) is 0 Å². The lowest BCUT2D eigenvalue weighted by molar-refractivity contribution is -0.0979. The summed E-state index contributed by atoms with van der Waals surface area (Å²) in [6.07, 6.45) is 1.64. The number of hydrogen-bond acceptors (Lipinski definition) is 2. The number of para-hydroxylation sites is 1. The van der Waals surface area contributed by atoms with Gasteiger partial charge < -0.3 is 9.90 Å². The van der Waals surface area contributed by atoms with Crippen LogP contribution in [-0.4, -0.2) is 17.8 Å². The molecule has 0 fully saturated rings. The van der Waals surface area contributed by atoms with Crippen molar-refractivity contribution in [3.63, 3.8) is 0 Å². The van der Waals surface area contributed by atoms with E-state index in [1.54, 1.807) is 30.3 Å². The lowest BCUT2D eigenvalue weighted by Gasteiger charge is -1.82. The third-order valence-electron chi connectivity index (χ3n) is 0.865. The molecule has 13 heavy (non-hydrogen) atoms.